The molecule has 0 aromatic heterocycles. The lowest BCUT2D eigenvalue weighted by Crippen LogP contribution is -2.28. The maximum atomic E-state index is 12.5. The van der Waals surface area contributed by atoms with Gasteiger partial charge in [0.15, 0.2) is 11.5 Å². The van der Waals surface area contributed by atoms with Crippen LogP contribution in [0, 0.1) is 0 Å². The summed E-state index contributed by atoms with van der Waals surface area (Å²) in [5.74, 6) is -1.22. The first kappa shape index (κ1) is 19.3. The molecule has 23 heavy (non-hydrogen) atoms. The Balaban J connectivity index is 3.23. The Kier molecular flexibility index (Phi) is 6.04. The summed E-state index contributed by atoms with van der Waals surface area (Å²) in [6.45, 7) is 4.78. The number of anilines is 1. The van der Waals surface area contributed by atoms with Gasteiger partial charge in [-0.3, -0.25) is 10.1 Å². The van der Waals surface area contributed by atoms with E-state index in [9.17, 15) is 22.8 Å². The van der Waals surface area contributed by atoms with Gasteiger partial charge in [-0.05, 0) is 32.9 Å². The molecule has 0 spiro atoms. The van der Waals surface area contributed by atoms with Crippen molar-refractivity contribution in [3.8, 4) is 5.75 Å². The minimum atomic E-state index is -4.97. The molecule has 0 bridgehead atoms. The molecule has 128 valence electrons. The van der Waals surface area contributed by atoms with Crippen molar-refractivity contribution in [3.05, 3.63) is 23.8 Å². The van der Waals surface area contributed by atoms with E-state index in [1.165, 1.54) is 12.1 Å². The third-order valence-corrected chi connectivity index (χ3v) is 2.81. The summed E-state index contributed by atoms with van der Waals surface area (Å²) in [6, 6.07) is 3.49. The van der Waals surface area contributed by atoms with Gasteiger partial charge in [0.25, 0.3) is 0 Å². The molecule has 0 heterocycles. The molecular weight excluding hydrogens is 383 g/mol. The SMILES string of the molecule is CC(C)(C)OC(=O)Nc1c(OC(F)(F)F)cccc1C(=O)CBr. The molecule has 1 N–H and O–H groups in total. The molecule has 0 saturated carbocycles. The molecule has 0 aliphatic rings. The Morgan fingerprint density at radius 2 is 1.83 bits per heavy atom. The number of Topliss-reactive ketones (excluding diaryl/α,β-unsaturated/α-hetero) is 1. The number of ketones is 1. The Morgan fingerprint density at radius 3 is 2.30 bits per heavy atom. The number of hydrogen-bond acceptors (Lipinski definition) is 4. The van der Waals surface area contributed by atoms with Gasteiger partial charge in [0.2, 0.25) is 0 Å². The Hall–Kier alpha value is -1.77. The second-order valence-electron chi connectivity index (χ2n) is 5.41. The van der Waals surface area contributed by atoms with Crippen molar-refractivity contribution in [3.63, 3.8) is 0 Å². The van der Waals surface area contributed by atoms with E-state index in [-0.39, 0.29) is 10.9 Å². The molecule has 0 unspecified atom stereocenters. The molecule has 0 fully saturated rings. The third-order valence-electron chi connectivity index (χ3n) is 2.30. The average Bonchev–Trinajstić information content (AvgIpc) is 2.36. The van der Waals surface area contributed by atoms with Crippen molar-refractivity contribution in [2.75, 3.05) is 10.6 Å². The van der Waals surface area contributed by atoms with Gasteiger partial charge in [0, 0.05) is 5.56 Å². The van der Waals surface area contributed by atoms with E-state index >= 15 is 0 Å². The van der Waals surface area contributed by atoms with Crippen molar-refractivity contribution in [2.45, 2.75) is 32.7 Å². The van der Waals surface area contributed by atoms with E-state index in [1.54, 1.807) is 20.8 Å². The van der Waals surface area contributed by atoms with E-state index in [2.05, 4.69) is 26.0 Å². The number of nitrogens with one attached hydrogen (secondary N) is 1. The topological polar surface area (TPSA) is 64.6 Å². The first-order valence-electron chi connectivity index (χ1n) is 6.41. The maximum Gasteiger partial charge on any atom is 0.573 e. The second kappa shape index (κ2) is 7.20. The molecule has 0 aliphatic heterocycles. The van der Waals surface area contributed by atoms with Crippen LogP contribution in [0.25, 0.3) is 0 Å². The van der Waals surface area contributed by atoms with E-state index in [0.717, 1.165) is 6.07 Å². The summed E-state index contributed by atoms with van der Waals surface area (Å²) in [6.07, 6.45) is -5.97. The van der Waals surface area contributed by atoms with Crippen LogP contribution in [0.15, 0.2) is 18.2 Å². The maximum absolute atomic E-state index is 12.5. The van der Waals surface area contributed by atoms with E-state index < -0.39 is 35.3 Å². The predicted octanol–water partition coefficient (Wildman–Crippen LogP) is 4.51. The number of carbonyl (C=O) groups is 2. The Bertz CT molecular complexity index is 597. The van der Waals surface area contributed by atoms with Crippen LogP contribution in [-0.2, 0) is 4.74 Å². The standard InChI is InChI=1S/C14H15BrF3NO4/c1-13(2,3)23-12(21)19-11-8(9(20)7-15)5-4-6-10(11)22-14(16,17)18/h4-6H,7H2,1-3H3,(H,19,21). The molecule has 1 rings (SSSR count). The minimum Gasteiger partial charge on any atom is -0.444 e. The molecule has 5 nitrogen and oxygen atoms in total. The number of hydrogen-bond donors (Lipinski definition) is 1. The zero-order chi connectivity index (χ0) is 17.8. The summed E-state index contributed by atoms with van der Waals surface area (Å²) in [5, 5.41) is 2.01. The highest BCUT2D eigenvalue weighted by Gasteiger charge is 2.33. The third kappa shape index (κ3) is 6.47. The van der Waals surface area contributed by atoms with Crippen LogP contribution >= 0.6 is 15.9 Å². The van der Waals surface area contributed by atoms with Crippen LogP contribution in [0.5, 0.6) is 5.75 Å². The zero-order valence-electron chi connectivity index (χ0n) is 12.6. The number of benzene rings is 1. The van der Waals surface area contributed by atoms with Crippen molar-refractivity contribution in [2.24, 2.45) is 0 Å². The van der Waals surface area contributed by atoms with Gasteiger partial charge < -0.3 is 9.47 Å². The smallest absolute Gasteiger partial charge is 0.444 e. The van der Waals surface area contributed by atoms with Crippen molar-refractivity contribution >= 4 is 33.5 Å². The molecular formula is C14H15BrF3NO4. The van der Waals surface area contributed by atoms with Crippen LogP contribution in [0.1, 0.15) is 31.1 Å². The largest absolute Gasteiger partial charge is 0.573 e. The van der Waals surface area contributed by atoms with Crippen molar-refractivity contribution < 1.29 is 32.2 Å². The number of carbonyl (C=O) groups excluding carboxylic acids is 2. The lowest BCUT2D eigenvalue weighted by molar-refractivity contribution is -0.274. The molecule has 1 amide bonds. The lowest BCUT2D eigenvalue weighted by atomic mass is 10.1. The van der Waals surface area contributed by atoms with Gasteiger partial charge in [0.05, 0.1) is 11.0 Å². The molecule has 1 aromatic rings. The molecule has 1 aromatic carbocycles. The fourth-order valence-corrected chi connectivity index (χ4v) is 1.88. The molecule has 0 saturated heterocycles. The quantitative estimate of drug-likeness (QED) is 0.599. The average molecular weight is 398 g/mol. The summed E-state index contributed by atoms with van der Waals surface area (Å²) in [7, 11) is 0. The first-order valence-corrected chi connectivity index (χ1v) is 7.53. The monoisotopic (exact) mass is 397 g/mol. The molecule has 0 atom stereocenters. The summed E-state index contributed by atoms with van der Waals surface area (Å²) in [4.78, 5) is 23.7. The predicted molar refractivity (Wildman–Crippen MR) is 81.1 cm³/mol. The number of halogens is 4. The Labute approximate surface area is 139 Å². The molecule has 9 heteroatoms. The highest BCUT2D eigenvalue weighted by Crippen LogP contribution is 2.34. The van der Waals surface area contributed by atoms with Gasteiger partial charge >= 0.3 is 12.5 Å². The van der Waals surface area contributed by atoms with Gasteiger partial charge in [-0.2, -0.15) is 0 Å². The zero-order valence-corrected chi connectivity index (χ0v) is 14.2. The van der Waals surface area contributed by atoms with Crippen LogP contribution in [0.2, 0.25) is 0 Å². The van der Waals surface area contributed by atoms with Crippen LogP contribution in [0.4, 0.5) is 23.7 Å². The lowest BCUT2D eigenvalue weighted by Gasteiger charge is -2.21. The normalized spacial score (nSPS) is 11.8. The highest BCUT2D eigenvalue weighted by atomic mass is 79.9. The summed E-state index contributed by atoms with van der Waals surface area (Å²) in [5.41, 5.74) is -1.39. The van der Waals surface area contributed by atoms with Gasteiger partial charge in [-0.1, -0.05) is 22.0 Å². The number of amides is 1. The summed E-state index contributed by atoms with van der Waals surface area (Å²) >= 11 is 2.93. The Morgan fingerprint density at radius 1 is 1.22 bits per heavy atom. The van der Waals surface area contributed by atoms with Crippen LogP contribution in [0.3, 0.4) is 0 Å². The van der Waals surface area contributed by atoms with E-state index in [4.69, 9.17) is 4.74 Å². The minimum absolute atomic E-state index is 0.130. The van der Waals surface area contributed by atoms with Crippen molar-refractivity contribution in [1.29, 1.82) is 0 Å². The highest BCUT2D eigenvalue weighted by molar-refractivity contribution is 9.09. The van der Waals surface area contributed by atoms with E-state index in [1.807, 2.05) is 0 Å². The van der Waals surface area contributed by atoms with Crippen LogP contribution in [-0.4, -0.2) is 29.2 Å². The second-order valence-corrected chi connectivity index (χ2v) is 5.97. The number of alkyl halides is 4. The van der Waals surface area contributed by atoms with Gasteiger partial charge in [-0.15, -0.1) is 13.2 Å². The van der Waals surface area contributed by atoms with Gasteiger partial charge in [0.1, 0.15) is 5.60 Å². The fourth-order valence-electron chi connectivity index (χ4n) is 1.58. The fraction of sp³-hybridized carbons (Fsp3) is 0.429. The van der Waals surface area contributed by atoms with Gasteiger partial charge in [-0.25, -0.2) is 4.79 Å². The van der Waals surface area contributed by atoms with Crippen molar-refractivity contribution in [1.82, 2.24) is 0 Å². The number of para-hydroxylation sites is 1. The number of rotatable bonds is 4. The van der Waals surface area contributed by atoms with E-state index in [0.29, 0.717) is 0 Å². The number of ether oxygens (including phenoxy) is 2. The molecule has 0 radical (unpaired) electrons. The van der Waals surface area contributed by atoms with Crippen LogP contribution < -0.4 is 10.1 Å². The summed E-state index contributed by atoms with van der Waals surface area (Å²) < 4.78 is 46.3. The first-order chi connectivity index (χ1) is 10.4. The molecule has 0 aliphatic carbocycles.